The average Bonchev–Trinajstić information content (AvgIpc) is 3.36. The van der Waals surface area contributed by atoms with Crippen molar-refractivity contribution in [1.82, 2.24) is 4.98 Å². The zero-order valence-corrected chi connectivity index (χ0v) is 15.4. The predicted molar refractivity (Wildman–Crippen MR) is 107 cm³/mol. The summed E-state index contributed by atoms with van der Waals surface area (Å²) in [5, 5.41) is 13.3. The van der Waals surface area contributed by atoms with E-state index in [1.807, 2.05) is 37.3 Å². The second kappa shape index (κ2) is 7.82. The molecule has 2 aromatic carbocycles. The van der Waals surface area contributed by atoms with Crippen molar-refractivity contribution in [1.29, 1.82) is 5.26 Å². The second-order valence-electron chi connectivity index (χ2n) is 6.25. The summed E-state index contributed by atoms with van der Waals surface area (Å²) in [7, 11) is 0. The summed E-state index contributed by atoms with van der Waals surface area (Å²) >= 11 is 0. The first-order valence-corrected chi connectivity index (χ1v) is 8.75. The van der Waals surface area contributed by atoms with Gasteiger partial charge in [0.15, 0.2) is 0 Å². The lowest BCUT2D eigenvalue weighted by molar-refractivity contribution is 0.573. The Labute approximate surface area is 165 Å². The molecule has 1 N–H and O–H groups in total. The van der Waals surface area contributed by atoms with Crippen molar-refractivity contribution in [2.24, 2.45) is 5.10 Å². The molecule has 0 saturated heterocycles. The van der Waals surface area contributed by atoms with E-state index >= 15 is 0 Å². The number of nitrogens with one attached hydrogen (secondary N) is 1. The van der Waals surface area contributed by atoms with E-state index in [1.54, 1.807) is 24.3 Å². The van der Waals surface area contributed by atoms with Gasteiger partial charge in [0.05, 0.1) is 6.21 Å². The topological polar surface area (TPSA) is 87.4 Å². The Morgan fingerprint density at radius 2 is 1.72 bits per heavy atom. The Hall–Kier alpha value is -4.18. The van der Waals surface area contributed by atoms with E-state index < -0.39 is 0 Å². The summed E-state index contributed by atoms with van der Waals surface area (Å²) < 4.78 is 24.3. The number of rotatable bonds is 5. The molecule has 0 aliphatic rings. The van der Waals surface area contributed by atoms with Gasteiger partial charge in [0, 0.05) is 11.1 Å². The molecule has 0 amide bonds. The Morgan fingerprint density at radius 1 is 1.00 bits per heavy atom. The van der Waals surface area contributed by atoms with Gasteiger partial charge in [-0.05, 0) is 55.5 Å². The van der Waals surface area contributed by atoms with Gasteiger partial charge in [0.1, 0.15) is 23.4 Å². The first-order valence-electron chi connectivity index (χ1n) is 8.75. The number of furan rings is 1. The van der Waals surface area contributed by atoms with E-state index in [-0.39, 0.29) is 17.4 Å². The molecule has 0 bridgehead atoms. The third kappa shape index (κ3) is 4.06. The van der Waals surface area contributed by atoms with Crippen LogP contribution in [0.5, 0.6) is 0 Å². The standard InChI is InChI=1S/C22H15FN4O2/c1-14-2-4-16(5-3-14)21-26-19(12-24)22(29-21)27-25-13-18-10-11-20(28-18)15-6-8-17(23)9-7-15/h2-11,13,27H,1H3/b25-13-. The minimum absolute atomic E-state index is 0.101. The number of nitriles is 1. The van der Waals surface area contributed by atoms with Crippen molar-refractivity contribution in [3.63, 3.8) is 0 Å². The molecule has 2 heterocycles. The fourth-order valence-corrected chi connectivity index (χ4v) is 2.64. The fourth-order valence-electron chi connectivity index (χ4n) is 2.64. The molecule has 0 saturated carbocycles. The average molecular weight is 386 g/mol. The number of hydrogen-bond acceptors (Lipinski definition) is 6. The van der Waals surface area contributed by atoms with Crippen molar-refractivity contribution in [3.05, 3.63) is 83.5 Å². The maximum Gasteiger partial charge on any atom is 0.252 e. The first-order chi connectivity index (χ1) is 14.1. The Kier molecular flexibility index (Phi) is 4.91. The number of hydrazone groups is 1. The highest BCUT2D eigenvalue weighted by molar-refractivity contribution is 5.78. The van der Waals surface area contributed by atoms with Crippen molar-refractivity contribution < 1.29 is 13.2 Å². The van der Waals surface area contributed by atoms with Gasteiger partial charge in [-0.1, -0.05) is 17.7 Å². The van der Waals surface area contributed by atoms with Crippen LogP contribution in [0.25, 0.3) is 22.8 Å². The number of nitrogens with zero attached hydrogens (tertiary/aromatic N) is 3. The van der Waals surface area contributed by atoms with Crippen LogP contribution in [-0.2, 0) is 0 Å². The molecular weight excluding hydrogens is 371 g/mol. The van der Waals surface area contributed by atoms with Crippen molar-refractivity contribution in [3.8, 4) is 28.8 Å². The maximum absolute atomic E-state index is 13.0. The summed E-state index contributed by atoms with van der Waals surface area (Å²) in [6.07, 6.45) is 1.45. The van der Waals surface area contributed by atoms with Crippen LogP contribution < -0.4 is 5.43 Å². The number of oxazole rings is 1. The SMILES string of the molecule is Cc1ccc(-c2nc(C#N)c(N/N=C\c3ccc(-c4ccc(F)cc4)o3)o2)cc1. The van der Waals surface area contributed by atoms with E-state index in [4.69, 9.17) is 8.83 Å². The number of hydrogen-bond donors (Lipinski definition) is 1. The highest BCUT2D eigenvalue weighted by Gasteiger charge is 2.14. The monoisotopic (exact) mass is 386 g/mol. The van der Waals surface area contributed by atoms with Crippen LogP contribution >= 0.6 is 0 Å². The molecule has 7 heteroatoms. The summed E-state index contributed by atoms with van der Waals surface area (Å²) in [6, 6.07) is 19.1. The van der Waals surface area contributed by atoms with Gasteiger partial charge in [-0.15, -0.1) is 0 Å². The minimum atomic E-state index is -0.309. The quantitative estimate of drug-likeness (QED) is 0.368. The van der Waals surface area contributed by atoms with Crippen LogP contribution in [-0.4, -0.2) is 11.2 Å². The second-order valence-corrected chi connectivity index (χ2v) is 6.25. The van der Waals surface area contributed by atoms with Crippen LogP contribution in [0.4, 0.5) is 10.3 Å². The predicted octanol–water partition coefficient (Wildman–Crippen LogP) is 5.37. The van der Waals surface area contributed by atoms with Gasteiger partial charge in [-0.2, -0.15) is 15.3 Å². The molecule has 2 aromatic heterocycles. The lowest BCUT2D eigenvalue weighted by Gasteiger charge is -1.97. The number of anilines is 1. The molecule has 29 heavy (non-hydrogen) atoms. The van der Waals surface area contributed by atoms with E-state index in [1.165, 1.54) is 18.3 Å². The van der Waals surface area contributed by atoms with Gasteiger partial charge in [-0.3, -0.25) is 0 Å². The molecule has 0 radical (unpaired) electrons. The van der Waals surface area contributed by atoms with E-state index in [9.17, 15) is 9.65 Å². The lowest BCUT2D eigenvalue weighted by atomic mass is 10.1. The first kappa shape index (κ1) is 18.2. The van der Waals surface area contributed by atoms with Gasteiger partial charge < -0.3 is 8.83 Å². The maximum atomic E-state index is 13.0. The van der Waals surface area contributed by atoms with Crippen LogP contribution in [0, 0.1) is 24.1 Å². The van der Waals surface area contributed by atoms with Gasteiger partial charge in [-0.25, -0.2) is 9.82 Å². The van der Waals surface area contributed by atoms with Crippen LogP contribution in [0.1, 0.15) is 17.0 Å². The minimum Gasteiger partial charge on any atom is -0.455 e. The fraction of sp³-hybridized carbons (Fsp3) is 0.0455. The van der Waals surface area contributed by atoms with E-state index in [2.05, 4.69) is 15.5 Å². The van der Waals surface area contributed by atoms with Gasteiger partial charge in [0.25, 0.3) is 5.88 Å². The van der Waals surface area contributed by atoms with Crippen LogP contribution in [0.3, 0.4) is 0 Å². The van der Waals surface area contributed by atoms with Crippen molar-refractivity contribution in [2.45, 2.75) is 6.92 Å². The third-order valence-corrected chi connectivity index (χ3v) is 4.14. The number of halogens is 1. The van der Waals surface area contributed by atoms with Gasteiger partial charge in [0.2, 0.25) is 11.6 Å². The molecule has 0 aliphatic carbocycles. The Balaban J connectivity index is 1.49. The van der Waals surface area contributed by atoms with Crippen molar-refractivity contribution in [2.75, 3.05) is 5.43 Å². The zero-order chi connectivity index (χ0) is 20.2. The molecule has 0 atom stereocenters. The normalized spacial score (nSPS) is 10.9. The smallest absolute Gasteiger partial charge is 0.252 e. The summed E-state index contributed by atoms with van der Waals surface area (Å²) in [5.74, 6) is 1.23. The zero-order valence-electron chi connectivity index (χ0n) is 15.4. The Bertz CT molecular complexity index is 1200. The Morgan fingerprint density at radius 3 is 2.45 bits per heavy atom. The molecular formula is C22H15FN4O2. The summed E-state index contributed by atoms with van der Waals surface area (Å²) in [6.45, 7) is 1.98. The molecule has 0 fully saturated rings. The lowest BCUT2D eigenvalue weighted by Crippen LogP contribution is -1.90. The summed E-state index contributed by atoms with van der Waals surface area (Å²) in [4.78, 5) is 4.19. The highest BCUT2D eigenvalue weighted by Crippen LogP contribution is 2.26. The molecule has 0 aliphatic heterocycles. The molecule has 0 spiro atoms. The number of benzene rings is 2. The molecule has 142 valence electrons. The largest absolute Gasteiger partial charge is 0.455 e. The number of aryl methyl sites for hydroxylation is 1. The third-order valence-electron chi connectivity index (χ3n) is 4.14. The van der Waals surface area contributed by atoms with Gasteiger partial charge >= 0.3 is 0 Å². The van der Waals surface area contributed by atoms with Crippen molar-refractivity contribution >= 4 is 12.1 Å². The molecule has 6 nitrogen and oxygen atoms in total. The molecule has 4 aromatic rings. The highest BCUT2D eigenvalue weighted by atomic mass is 19.1. The summed E-state index contributed by atoms with van der Waals surface area (Å²) in [5.41, 5.74) is 5.41. The molecule has 0 unspecified atom stereocenters. The molecule has 4 rings (SSSR count). The van der Waals surface area contributed by atoms with Crippen LogP contribution in [0.15, 0.2) is 74.6 Å². The van der Waals surface area contributed by atoms with E-state index in [0.717, 1.165) is 16.7 Å². The van der Waals surface area contributed by atoms with E-state index in [0.29, 0.717) is 17.4 Å². The number of aromatic nitrogens is 1. The van der Waals surface area contributed by atoms with Crippen LogP contribution in [0.2, 0.25) is 0 Å².